The van der Waals surface area contributed by atoms with Crippen LogP contribution in [0.25, 0.3) is 10.9 Å². The van der Waals surface area contributed by atoms with E-state index >= 15 is 0 Å². The van der Waals surface area contributed by atoms with Gasteiger partial charge in [0.2, 0.25) is 0 Å². The molecule has 4 nitrogen and oxygen atoms in total. The number of rotatable bonds is 7. The van der Waals surface area contributed by atoms with Crippen LogP contribution < -0.4 is 0 Å². The molecule has 5 rings (SSSR count). The number of ketones is 1. The molecule has 4 heterocycles. The lowest BCUT2D eigenvalue weighted by Gasteiger charge is -2.27. The van der Waals surface area contributed by atoms with Crippen LogP contribution in [0.4, 0.5) is 0 Å². The van der Waals surface area contributed by atoms with E-state index in [1.807, 2.05) is 29.8 Å². The van der Waals surface area contributed by atoms with Crippen LogP contribution in [0.5, 0.6) is 0 Å². The van der Waals surface area contributed by atoms with Crippen LogP contribution in [0.2, 0.25) is 0 Å². The smallest absolute Gasteiger partial charge is 0.164 e. The maximum absolute atomic E-state index is 13.0. The molecule has 0 N–H and O–H groups in total. The quantitative estimate of drug-likeness (QED) is 0.354. The van der Waals surface area contributed by atoms with Crippen molar-refractivity contribution in [1.82, 2.24) is 14.5 Å². The van der Waals surface area contributed by atoms with Gasteiger partial charge in [-0.1, -0.05) is 25.1 Å². The highest BCUT2D eigenvalue weighted by atomic mass is 32.1. The molecule has 158 valence electrons. The van der Waals surface area contributed by atoms with Gasteiger partial charge in [-0.05, 0) is 47.2 Å². The summed E-state index contributed by atoms with van der Waals surface area (Å²) < 4.78 is 2.41. The van der Waals surface area contributed by atoms with Crippen molar-refractivity contribution in [2.24, 2.45) is 0 Å². The second-order valence-corrected chi connectivity index (χ2v) is 9.31. The number of para-hydroxylation sites is 1. The van der Waals surface area contributed by atoms with Gasteiger partial charge >= 0.3 is 0 Å². The Hall–Kier alpha value is -2.76. The number of carbonyl (C=O) groups is 1. The highest BCUT2D eigenvalue weighted by Crippen LogP contribution is 2.34. The van der Waals surface area contributed by atoms with E-state index in [4.69, 9.17) is 0 Å². The second-order valence-electron chi connectivity index (χ2n) is 8.28. The van der Waals surface area contributed by atoms with E-state index in [-0.39, 0.29) is 5.78 Å². The van der Waals surface area contributed by atoms with Crippen LogP contribution in [0.1, 0.15) is 51.8 Å². The minimum Gasteiger partial charge on any atom is -0.339 e. The molecule has 1 aliphatic rings. The number of aromatic nitrogens is 2. The standard InChI is InChI=1S/C26H27N3OS/c1-2-5-25(30)22-8-3-7-21-23-18-28(17-20-6-4-15-31-20)14-11-24(23)29(26(21)22)16-19-9-12-27-13-10-19/h3-4,6-10,12-13,15H,2,5,11,14,16-18H2,1H3. The van der Waals surface area contributed by atoms with Crippen LogP contribution in [0.15, 0.2) is 60.2 Å². The molecular formula is C26H27N3OS. The van der Waals surface area contributed by atoms with Crippen molar-refractivity contribution in [3.8, 4) is 0 Å². The molecule has 3 aromatic heterocycles. The van der Waals surface area contributed by atoms with Gasteiger partial charge in [0.05, 0.1) is 5.52 Å². The second kappa shape index (κ2) is 8.77. The summed E-state index contributed by atoms with van der Waals surface area (Å²) in [5.74, 6) is 0.245. The topological polar surface area (TPSA) is 38.1 Å². The third-order valence-corrected chi connectivity index (χ3v) is 7.04. The predicted octanol–water partition coefficient (Wildman–Crippen LogP) is 5.69. The van der Waals surface area contributed by atoms with Crippen molar-refractivity contribution in [2.45, 2.75) is 45.8 Å². The molecule has 0 radical (unpaired) electrons. The Kier molecular flexibility index (Phi) is 5.70. The molecule has 0 fully saturated rings. The van der Waals surface area contributed by atoms with Gasteiger partial charge in [0.15, 0.2) is 5.78 Å². The van der Waals surface area contributed by atoms with Crippen molar-refractivity contribution >= 4 is 28.0 Å². The van der Waals surface area contributed by atoms with E-state index in [1.54, 1.807) is 0 Å². The number of carbonyl (C=O) groups excluding carboxylic acids is 1. The van der Waals surface area contributed by atoms with E-state index < -0.39 is 0 Å². The van der Waals surface area contributed by atoms with Gasteiger partial charge < -0.3 is 4.57 Å². The molecule has 0 aliphatic carbocycles. The zero-order chi connectivity index (χ0) is 21.2. The van der Waals surface area contributed by atoms with E-state index in [9.17, 15) is 4.79 Å². The number of benzene rings is 1. The molecule has 0 spiro atoms. The van der Waals surface area contributed by atoms with Gasteiger partial charge in [-0.2, -0.15) is 0 Å². The van der Waals surface area contributed by atoms with Gasteiger partial charge in [0.25, 0.3) is 0 Å². The molecule has 1 aromatic carbocycles. The Balaban J connectivity index is 1.61. The molecule has 0 bridgehead atoms. The summed E-state index contributed by atoms with van der Waals surface area (Å²) in [5, 5.41) is 3.39. The Morgan fingerprint density at radius 2 is 1.97 bits per heavy atom. The van der Waals surface area contributed by atoms with Crippen molar-refractivity contribution in [1.29, 1.82) is 0 Å². The molecule has 5 heteroatoms. The van der Waals surface area contributed by atoms with Crippen molar-refractivity contribution in [3.63, 3.8) is 0 Å². The Labute approximate surface area is 187 Å². The van der Waals surface area contributed by atoms with Crippen LogP contribution in [-0.4, -0.2) is 26.8 Å². The number of Topliss-reactive ketones (excluding diaryl/α,β-unsaturated/α-hetero) is 1. The molecule has 1 aliphatic heterocycles. The zero-order valence-electron chi connectivity index (χ0n) is 17.9. The zero-order valence-corrected chi connectivity index (χ0v) is 18.7. The van der Waals surface area contributed by atoms with Crippen molar-refractivity contribution < 1.29 is 4.79 Å². The number of nitrogens with zero attached hydrogens (tertiary/aromatic N) is 3. The van der Waals surface area contributed by atoms with E-state index in [2.05, 4.69) is 63.2 Å². The number of hydrogen-bond donors (Lipinski definition) is 0. The van der Waals surface area contributed by atoms with Gasteiger partial charge in [-0.3, -0.25) is 14.7 Å². The van der Waals surface area contributed by atoms with E-state index in [1.165, 1.54) is 27.1 Å². The number of fused-ring (bicyclic) bond motifs is 3. The SMILES string of the molecule is CCCC(=O)c1cccc2c3c(n(Cc4ccncc4)c12)CCN(Cc1cccs1)C3. The summed E-state index contributed by atoms with van der Waals surface area (Å²) in [6, 6.07) is 14.8. The lowest BCUT2D eigenvalue weighted by Crippen LogP contribution is -2.30. The van der Waals surface area contributed by atoms with Crippen molar-refractivity contribution in [2.75, 3.05) is 6.54 Å². The molecule has 31 heavy (non-hydrogen) atoms. The third-order valence-electron chi connectivity index (χ3n) is 6.18. The molecule has 4 aromatic rings. The highest BCUT2D eigenvalue weighted by molar-refractivity contribution is 7.09. The number of thiophene rings is 1. The van der Waals surface area contributed by atoms with Crippen LogP contribution in [-0.2, 0) is 26.1 Å². The molecule has 0 unspecified atom stereocenters. The monoisotopic (exact) mass is 429 g/mol. The maximum atomic E-state index is 13.0. The predicted molar refractivity (Wildman–Crippen MR) is 127 cm³/mol. The minimum atomic E-state index is 0.245. The van der Waals surface area contributed by atoms with Gasteiger partial charge in [0, 0.05) is 72.9 Å². The Bertz CT molecular complexity index is 1190. The minimum absolute atomic E-state index is 0.245. The summed E-state index contributed by atoms with van der Waals surface area (Å²) in [6.07, 6.45) is 6.16. The first kappa shape index (κ1) is 20.2. The highest BCUT2D eigenvalue weighted by Gasteiger charge is 2.26. The first-order valence-corrected chi connectivity index (χ1v) is 11.9. The van der Waals surface area contributed by atoms with Gasteiger partial charge in [0.1, 0.15) is 0 Å². The van der Waals surface area contributed by atoms with Crippen LogP contribution in [0.3, 0.4) is 0 Å². The van der Waals surface area contributed by atoms with Crippen LogP contribution >= 0.6 is 11.3 Å². The Morgan fingerprint density at radius 3 is 2.74 bits per heavy atom. The summed E-state index contributed by atoms with van der Waals surface area (Å²) in [5.41, 5.74) is 5.96. The number of pyridine rings is 1. The first-order chi connectivity index (χ1) is 15.2. The average molecular weight is 430 g/mol. The molecule has 0 atom stereocenters. The summed E-state index contributed by atoms with van der Waals surface area (Å²) in [6.45, 7) is 5.80. The molecular weight excluding hydrogens is 402 g/mol. The first-order valence-electron chi connectivity index (χ1n) is 11.0. The molecule has 0 saturated heterocycles. The summed E-state index contributed by atoms with van der Waals surface area (Å²) in [4.78, 5) is 21.1. The fourth-order valence-corrected chi connectivity index (χ4v) is 5.50. The summed E-state index contributed by atoms with van der Waals surface area (Å²) >= 11 is 1.82. The average Bonchev–Trinajstić information content (AvgIpc) is 3.41. The fourth-order valence-electron chi connectivity index (χ4n) is 4.75. The Morgan fingerprint density at radius 1 is 1.10 bits per heavy atom. The fraction of sp³-hybridized carbons (Fsp3) is 0.308. The lowest BCUT2D eigenvalue weighted by molar-refractivity contribution is 0.0983. The summed E-state index contributed by atoms with van der Waals surface area (Å²) in [7, 11) is 0. The maximum Gasteiger partial charge on any atom is 0.164 e. The largest absolute Gasteiger partial charge is 0.339 e. The van der Waals surface area contributed by atoms with Crippen LogP contribution in [0, 0.1) is 0 Å². The van der Waals surface area contributed by atoms with E-state index in [0.29, 0.717) is 6.42 Å². The third kappa shape index (κ3) is 3.95. The molecule has 0 saturated carbocycles. The van der Waals surface area contributed by atoms with Gasteiger partial charge in [-0.25, -0.2) is 0 Å². The lowest BCUT2D eigenvalue weighted by atomic mass is 10.0. The normalized spacial score (nSPS) is 14.1. The van der Waals surface area contributed by atoms with Crippen molar-refractivity contribution in [3.05, 3.63) is 87.5 Å². The van der Waals surface area contributed by atoms with Gasteiger partial charge in [-0.15, -0.1) is 11.3 Å². The molecule has 0 amide bonds. The van der Waals surface area contributed by atoms with E-state index in [0.717, 1.165) is 50.1 Å². The number of hydrogen-bond acceptors (Lipinski definition) is 4.